The molecule has 0 amide bonds. The Morgan fingerprint density at radius 1 is 0.894 bits per heavy atom. The third-order valence-electron chi connectivity index (χ3n) is 9.41. The number of anilines is 1. The number of rotatable bonds is 14. The van der Waals surface area contributed by atoms with Crippen molar-refractivity contribution in [2.24, 2.45) is 0 Å². The van der Waals surface area contributed by atoms with Crippen molar-refractivity contribution in [2.75, 3.05) is 24.6 Å². The Balaban J connectivity index is 1.45. The summed E-state index contributed by atoms with van der Waals surface area (Å²) >= 11 is 0. The van der Waals surface area contributed by atoms with Crippen LogP contribution in [0.1, 0.15) is 77.8 Å². The molecule has 0 radical (unpaired) electrons. The Kier molecular flexibility index (Phi) is 10.2. The first-order valence-corrected chi connectivity index (χ1v) is 17.9. The van der Waals surface area contributed by atoms with E-state index in [0.29, 0.717) is 13.0 Å². The summed E-state index contributed by atoms with van der Waals surface area (Å²) in [6, 6.07) is 23.1. The van der Waals surface area contributed by atoms with Gasteiger partial charge in [-0.3, -0.25) is 0 Å². The monoisotopic (exact) mass is 654 g/mol. The molecule has 0 atom stereocenters. The van der Waals surface area contributed by atoms with Crippen LogP contribution in [0.2, 0.25) is 0 Å². The lowest BCUT2D eigenvalue weighted by Crippen LogP contribution is -2.28. The molecule has 3 aromatic rings. The molecule has 0 spiro atoms. The number of fused-ring (bicyclic) bond motifs is 2. The number of carbonyl (C=O) groups excluding carboxylic acids is 1. The van der Waals surface area contributed by atoms with Gasteiger partial charge in [0.1, 0.15) is 21.7 Å². The maximum atomic E-state index is 11.9. The summed E-state index contributed by atoms with van der Waals surface area (Å²) in [5.41, 5.74) is 5.70. The summed E-state index contributed by atoms with van der Waals surface area (Å²) < 4.78 is 44.2. The Morgan fingerprint density at radius 2 is 1.62 bits per heavy atom. The predicted molar refractivity (Wildman–Crippen MR) is 187 cm³/mol. The SMILES string of the molecule is CC(=O)CCCCCN1/C(=C/C=C/C2=[N+](CCCOc3ccccc3)c3ccccc3C2(C)C)C(C)(C)c2cc(S(=O)(=O)[O-])ccc21. The molecule has 0 saturated carbocycles. The minimum absolute atomic E-state index is 0.196. The van der Waals surface area contributed by atoms with E-state index in [9.17, 15) is 17.8 Å². The number of allylic oxidation sites excluding steroid dienone is 4. The maximum absolute atomic E-state index is 11.9. The van der Waals surface area contributed by atoms with E-state index in [2.05, 4.69) is 79.7 Å². The van der Waals surface area contributed by atoms with Crippen molar-refractivity contribution in [1.82, 2.24) is 0 Å². The Hall–Kier alpha value is -4.01. The van der Waals surface area contributed by atoms with E-state index in [-0.39, 0.29) is 16.1 Å². The molecule has 0 aliphatic carbocycles. The van der Waals surface area contributed by atoms with Crippen LogP contribution in [0.4, 0.5) is 11.4 Å². The minimum atomic E-state index is -4.59. The largest absolute Gasteiger partial charge is 0.744 e. The lowest BCUT2D eigenvalue weighted by molar-refractivity contribution is -0.438. The van der Waals surface area contributed by atoms with Crippen LogP contribution < -0.4 is 9.64 Å². The second-order valence-electron chi connectivity index (χ2n) is 13.5. The number of ketones is 1. The molecule has 0 N–H and O–H groups in total. The smallest absolute Gasteiger partial charge is 0.209 e. The van der Waals surface area contributed by atoms with Gasteiger partial charge in [0.25, 0.3) is 0 Å². The lowest BCUT2D eigenvalue weighted by atomic mass is 9.81. The van der Waals surface area contributed by atoms with Crippen LogP contribution in [0, 0.1) is 0 Å². The zero-order valence-corrected chi connectivity index (χ0v) is 29.0. The Morgan fingerprint density at radius 3 is 2.34 bits per heavy atom. The van der Waals surface area contributed by atoms with E-state index in [1.54, 1.807) is 13.0 Å². The molecular formula is C39H46N2O5S. The molecular weight excluding hydrogens is 609 g/mol. The number of benzene rings is 3. The molecule has 47 heavy (non-hydrogen) atoms. The number of nitrogens with zero attached hydrogens (tertiary/aromatic N) is 2. The van der Waals surface area contributed by atoms with E-state index < -0.39 is 15.5 Å². The van der Waals surface area contributed by atoms with Crippen molar-refractivity contribution in [2.45, 2.75) is 82.4 Å². The fourth-order valence-electron chi connectivity index (χ4n) is 6.91. The van der Waals surface area contributed by atoms with E-state index in [4.69, 9.17) is 4.74 Å². The number of unbranched alkanes of at least 4 members (excludes halogenated alkanes) is 2. The standard InChI is InChI=1S/C39H46N2O5S/c1-29(42)16-8-7-13-25-40-35-24-23-31(47(43,44)45)28-33(35)39(4,5)37(40)22-14-21-36-38(2,3)32-19-11-12-20-34(32)41(36)26-15-27-46-30-17-9-6-10-18-30/h6,9-12,14,17-24,28H,7-8,13,15-16,25-27H2,1-5H3. The average Bonchev–Trinajstić information content (AvgIpc) is 3.37. The summed E-state index contributed by atoms with van der Waals surface area (Å²) in [4.78, 5) is 13.5. The van der Waals surface area contributed by atoms with Gasteiger partial charge in [-0.25, -0.2) is 8.42 Å². The molecule has 2 aliphatic rings. The van der Waals surface area contributed by atoms with Crippen LogP contribution in [0.15, 0.2) is 102 Å². The fourth-order valence-corrected chi connectivity index (χ4v) is 7.41. The van der Waals surface area contributed by atoms with Crippen LogP contribution in [-0.4, -0.2) is 48.7 Å². The first-order valence-electron chi connectivity index (χ1n) is 16.5. The summed E-state index contributed by atoms with van der Waals surface area (Å²) in [5.74, 6) is 1.07. The van der Waals surface area contributed by atoms with Gasteiger partial charge >= 0.3 is 0 Å². The normalized spacial score (nSPS) is 17.4. The summed E-state index contributed by atoms with van der Waals surface area (Å²) in [6.07, 6.45) is 10.5. The Labute approximate surface area is 280 Å². The van der Waals surface area contributed by atoms with Crippen LogP contribution >= 0.6 is 0 Å². The number of hydrogen-bond acceptors (Lipinski definition) is 6. The first kappa shape index (κ1) is 34.3. The number of Topliss-reactive ketones (excluding diaryl/α,β-unsaturated/α-hetero) is 1. The third-order valence-corrected chi connectivity index (χ3v) is 10.2. The van der Waals surface area contributed by atoms with Crippen molar-refractivity contribution in [1.29, 1.82) is 0 Å². The maximum Gasteiger partial charge on any atom is 0.209 e. The molecule has 2 aliphatic heterocycles. The van der Waals surface area contributed by atoms with Gasteiger partial charge in [-0.2, -0.15) is 4.58 Å². The van der Waals surface area contributed by atoms with Gasteiger partial charge in [-0.1, -0.05) is 62.7 Å². The number of para-hydroxylation sites is 2. The summed E-state index contributed by atoms with van der Waals surface area (Å²) in [5, 5.41) is 0. The highest BCUT2D eigenvalue weighted by molar-refractivity contribution is 7.85. The van der Waals surface area contributed by atoms with Crippen molar-refractivity contribution in [3.63, 3.8) is 0 Å². The molecule has 5 rings (SSSR count). The van der Waals surface area contributed by atoms with Gasteiger partial charge < -0.3 is 19.0 Å². The molecule has 248 valence electrons. The highest BCUT2D eigenvalue weighted by Gasteiger charge is 2.44. The van der Waals surface area contributed by atoms with E-state index in [1.807, 2.05) is 30.3 Å². The number of carbonyl (C=O) groups is 1. The highest BCUT2D eigenvalue weighted by Crippen LogP contribution is 2.48. The average molecular weight is 655 g/mol. The zero-order chi connectivity index (χ0) is 33.8. The van der Waals surface area contributed by atoms with Crippen molar-refractivity contribution in [3.8, 4) is 5.75 Å². The first-order chi connectivity index (χ1) is 22.3. The molecule has 8 heteroatoms. The van der Waals surface area contributed by atoms with Gasteiger partial charge in [0, 0.05) is 53.9 Å². The molecule has 7 nitrogen and oxygen atoms in total. The van der Waals surface area contributed by atoms with Gasteiger partial charge in [0.05, 0.1) is 16.9 Å². The van der Waals surface area contributed by atoms with Gasteiger partial charge in [0.15, 0.2) is 12.3 Å². The van der Waals surface area contributed by atoms with Crippen molar-refractivity contribution >= 4 is 33.0 Å². The summed E-state index contributed by atoms with van der Waals surface area (Å²) in [7, 11) is -4.59. The minimum Gasteiger partial charge on any atom is -0.744 e. The van der Waals surface area contributed by atoms with Crippen LogP contribution in [0.25, 0.3) is 0 Å². The summed E-state index contributed by atoms with van der Waals surface area (Å²) in [6.45, 7) is 12.4. The molecule has 0 fully saturated rings. The third kappa shape index (κ3) is 7.44. The molecule has 0 bridgehead atoms. The quantitative estimate of drug-likeness (QED) is 0.100. The second kappa shape index (κ2) is 14.0. The van der Waals surface area contributed by atoms with Crippen LogP contribution in [0.5, 0.6) is 5.75 Å². The highest BCUT2D eigenvalue weighted by atomic mass is 32.2. The lowest BCUT2D eigenvalue weighted by Gasteiger charge is -2.27. The van der Waals surface area contributed by atoms with Crippen LogP contribution in [-0.2, 0) is 25.7 Å². The topological polar surface area (TPSA) is 89.8 Å². The van der Waals surface area contributed by atoms with E-state index >= 15 is 0 Å². The zero-order valence-electron chi connectivity index (χ0n) is 28.2. The number of hydrogen-bond donors (Lipinski definition) is 0. The molecule has 2 heterocycles. The molecule has 0 aromatic heterocycles. The van der Waals surface area contributed by atoms with E-state index in [1.165, 1.54) is 29.1 Å². The molecule has 0 unspecified atom stereocenters. The fraction of sp³-hybridized carbons (Fsp3) is 0.385. The van der Waals surface area contributed by atoms with Crippen molar-refractivity contribution in [3.05, 3.63) is 108 Å². The van der Waals surface area contributed by atoms with Gasteiger partial charge in [-0.15, -0.1) is 0 Å². The van der Waals surface area contributed by atoms with Gasteiger partial charge in [0.2, 0.25) is 5.69 Å². The predicted octanol–water partition coefficient (Wildman–Crippen LogP) is 7.82. The van der Waals surface area contributed by atoms with E-state index in [0.717, 1.165) is 61.5 Å². The Bertz CT molecular complexity index is 1820. The molecule has 3 aromatic carbocycles. The van der Waals surface area contributed by atoms with Crippen molar-refractivity contribution < 1.29 is 27.1 Å². The second-order valence-corrected chi connectivity index (χ2v) is 14.9. The molecule has 0 saturated heterocycles. The number of ether oxygens (including phenoxy) is 1. The van der Waals surface area contributed by atoms with Gasteiger partial charge in [-0.05, 0) is 75.6 Å². The van der Waals surface area contributed by atoms with Crippen LogP contribution in [0.3, 0.4) is 0 Å².